The fourth-order valence-electron chi connectivity index (χ4n) is 2.03. The first-order valence-corrected chi connectivity index (χ1v) is 8.52. The van der Waals surface area contributed by atoms with E-state index in [2.05, 4.69) is 4.72 Å². The minimum Gasteiger partial charge on any atom is -0.391 e. The van der Waals surface area contributed by atoms with E-state index in [1.54, 1.807) is 6.07 Å². The van der Waals surface area contributed by atoms with E-state index in [1.165, 1.54) is 19.3 Å². The van der Waals surface area contributed by atoms with Crippen LogP contribution < -0.4 is 4.72 Å². The smallest absolute Gasteiger partial charge is 0.250 e. The van der Waals surface area contributed by atoms with Crippen LogP contribution in [0.3, 0.4) is 0 Å². The third kappa shape index (κ3) is 3.12. The summed E-state index contributed by atoms with van der Waals surface area (Å²) in [6.45, 7) is 2.22. The molecule has 0 amide bonds. The first-order chi connectivity index (χ1) is 8.53. The van der Waals surface area contributed by atoms with Gasteiger partial charge in [-0.3, -0.25) is 0 Å². The van der Waals surface area contributed by atoms with Crippen molar-refractivity contribution in [2.75, 3.05) is 6.54 Å². The maximum atomic E-state index is 12.0. The molecule has 6 heteroatoms. The van der Waals surface area contributed by atoms with E-state index >= 15 is 0 Å². The largest absolute Gasteiger partial charge is 0.391 e. The van der Waals surface area contributed by atoms with Crippen molar-refractivity contribution in [3.05, 3.63) is 16.5 Å². The van der Waals surface area contributed by atoms with E-state index in [9.17, 15) is 8.42 Å². The van der Waals surface area contributed by atoms with Crippen LogP contribution in [0.15, 0.2) is 10.3 Å². The molecule has 0 aromatic carbocycles. The number of aliphatic hydroxyl groups is 1. The van der Waals surface area contributed by atoms with Gasteiger partial charge in [0.05, 0.1) is 6.61 Å². The van der Waals surface area contributed by atoms with Gasteiger partial charge in [0, 0.05) is 11.4 Å². The van der Waals surface area contributed by atoms with Crippen LogP contribution in [0, 0.1) is 12.8 Å². The number of rotatable bonds is 6. The summed E-state index contributed by atoms with van der Waals surface area (Å²) in [5.41, 5.74) is 0.835. The maximum Gasteiger partial charge on any atom is 0.250 e. The third-order valence-corrected chi connectivity index (χ3v) is 6.63. The Bertz CT molecular complexity index is 503. The number of aryl methyl sites for hydroxylation is 1. The van der Waals surface area contributed by atoms with Gasteiger partial charge in [0.25, 0.3) is 0 Å². The first kappa shape index (κ1) is 14.0. The maximum absolute atomic E-state index is 12.0. The number of sulfonamides is 1. The second kappa shape index (κ2) is 5.69. The molecule has 1 aromatic rings. The van der Waals surface area contributed by atoms with Crippen LogP contribution in [-0.2, 0) is 16.6 Å². The lowest BCUT2D eigenvalue weighted by molar-refractivity contribution is 0.285. The van der Waals surface area contributed by atoms with Crippen LogP contribution in [0.5, 0.6) is 0 Å². The lowest BCUT2D eigenvalue weighted by Crippen LogP contribution is -2.27. The molecular weight excluding hydrogens is 270 g/mol. The van der Waals surface area contributed by atoms with Crippen molar-refractivity contribution < 1.29 is 13.5 Å². The molecule has 4 nitrogen and oxygen atoms in total. The molecule has 0 spiro atoms. The fourth-order valence-corrected chi connectivity index (χ4v) is 4.57. The van der Waals surface area contributed by atoms with E-state index in [0.717, 1.165) is 28.2 Å². The van der Waals surface area contributed by atoms with Gasteiger partial charge in [-0.15, -0.1) is 11.3 Å². The van der Waals surface area contributed by atoms with Gasteiger partial charge in [-0.25, -0.2) is 13.1 Å². The van der Waals surface area contributed by atoms with Crippen LogP contribution in [0.25, 0.3) is 0 Å². The van der Waals surface area contributed by atoms with E-state index < -0.39 is 10.0 Å². The average molecular weight is 289 g/mol. The monoisotopic (exact) mass is 289 g/mol. The van der Waals surface area contributed by atoms with Crippen LogP contribution in [0.4, 0.5) is 0 Å². The number of nitrogens with one attached hydrogen (secondary N) is 1. The van der Waals surface area contributed by atoms with Crippen LogP contribution >= 0.6 is 11.3 Å². The van der Waals surface area contributed by atoms with Crippen molar-refractivity contribution >= 4 is 21.4 Å². The average Bonchev–Trinajstić information content (AvgIpc) is 2.64. The zero-order chi connectivity index (χ0) is 13.2. The molecule has 0 saturated heterocycles. The van der Waals surface area contributed by atoms with Crippen molar-refractivity contribution in [1.82, 2.24) is 4.72 Å². The standard InChI is InChI=1S/C12H19NO3S2/c1-9-7-12(17-11(9)8-14)18(15,16)13-6-5-10-3-2-4-10/h7,10,13-14H,2-6,8H2,1H3. The molecule has 0 bridgehead atoms. The lowest BCUT2D eigenvalue weighted by Gasteiger charge is -2.24. The zero-order valence-electron chi connectivity index (χ0n) is 10.5. The summed E-state index contributed by atoms with van der Waals surface area (Å²) >= 11 is 1.14. The number of thiophene rings is 1. The molecule has 102 valence electrons. The molecular formula is C12H19NO3S2. The third-order valence-electron chi connectivity index (χ3n) is 3.48. The normalized spacial score (nSPS) is 16.8. The Hall–Kier alpha value is -0.430. The SMILES string of the molecule is Cc1cc(S(=O)(=O)NCCC2CCC2)sc1CO. The second-order valence-electron chi connectivity index (χ2n) is 4.81. The second-order valence-corrected chi connectivity index (χ2v) is 7.94. The zero-order valence-corrected chi connectivity index (χ0v) is 12.1. The van der Waals surface area contributed by atoms with Crippen LogP contribution in [-0.4, -0.2) is 20.1 Å². The molecule has 1 aromatic heterocycles. The molecule has 0 unspecified atom stereocenters. The Labute approximate surface area is 112 Å². The highest BCUT2D eigenvalue weighted by atomic mass is 32.2. The highest BCUT2D eigenvalue weighted by Gasteiger charge is 2.21. The Morgan fingerprint density at radius 2 is 2.22 bits per heavy atom. The number of aliphatic hydroxyl groups excluding tert-OH is 1. The van der Waals surface area contributed by atoms with Gasteiger partial charge in [0.1, 0.15) is 4.21 Å². The van der Waals surface area contributed by atoms with Gasteiger partial charge >= 0.3 is 0 Å². The summed E-state index contributed by atoms with van der Waals surface area (Å²) in [6.07, 6.45) is 4.67. The minimum absolute atomic E-state index is 0.103. The molecule has 1 fully saturated rings. The molecule has 0 atom stereocenters. The van der Waals surface area contributed by atoms with Gasteiger partial charge in [0.15, 0.2) is 0 Å². The number of hydrogen-bond donors (Lipinski definition) is 2. The Balaban J connectivity index is 1.95. The van der Waals surface area contributed by atoms with Gasteiger partial charge < -0.3 is 5.11 Å². The summed E-state index contributed by atoms with van der Waals surface area (Å²) in [5.74, 6) is 0.700. The van der Waals surface area contributed by atoms with Crippen molar-refractivity contribution in [3.63, 3.8) is 0 Å². The molecule has 0 radical (unpaired) electrons. The topological polar surface area (TPSA) is 66.4 Å². The Morgan fingerprint density at radius 3 is 2.72 bits per heavy atom. The highest BCUT2D eigenvalue weighted by Crippen LogP contribution is 2.29. The van der Waals surface area contributed by atoms with Crippen molar-refractivity contribution in [3.8, 4) is 0 Å². The lowest BCUT2D eigenvalue weighted by atomic mass is 9.83. The molecule has 1 aliphatic rings. The van der Waals surface area contributed by atoms with E-state index in [1.807, 2.05) is 6.92 Å². The van der Waals surface area contributed by atoms with Gasteiger partial charge in [-0.2, -0.15) is 0 Å². The van der Waals surface area contributed by atoms with Crippen molar-refractivity contribution in [1.29, 1.82) is 0 Å². The molecule has 1 heterocycles. The summed E-state index contributed by atoms with van der Waals surface area (Å²) in [5, 5.41) is 9.08. The summed E-state index contributed by atoms with van der Waals surface area (Å²) in [4.78, 5) is 0.717. The molecule has 18 heavy (non-hydrogen) atoms. The summed E-state index contributed by atoms with van der Waals surface area (Å²) in [6, 6.07) is 1.63. The van der Waals surface area contributed by atoms with Crippen molar-refractivity contribution in [2.24, 2.45) is 5.92 Å². The summed E-state index contributed by atoms with van der Waals surface area (Å²) < 4.78 is 27.0. The van der Waals surface area contributed by atoms with Crippen LogP contribution in [0.2, 0.25) is 0 Å². The van der Waals surface area contributed by atoms with Gasteiger partial charge in [-0.1, -0.05) is 19.3 Å². The Morgan fingerprint density at radius 1 is 1.50 bits per heavy atom. The molecule has 1 saturated carbocycles. The summed E-state index contributed by atoms with van der Waals surface area (Å²) in [7, 11) is -3.39. The first-order valence-electron chi connectivity index (χ1n) is 6.23. The quantitative estimate of drug-likeness (QED) is 0.842. The predicted octanol–water partition coefficient (Wildman–Crippen LogP) is 2.02. The molecule has 2 N–H and O–H groups in total. The molecule has 0 aliphatic heterocycles. The Kier molecular flexibility index (Phi) is 4.42. The minimum atomic E-state index is -3.39. The van der Waals surface area contributed by atoms with Gasteiger partial charge in [0.2, 0.25) is 10.0 Å². The van der Waals surface area contributed by atoms with Crippen molar-refractivity contribution in [2.45, 2.75) is 43.4 Å². The molecule has 1 aliphatic carbocycles. The van der Waals surface area contributed by atoms with Gasteiger partial charge in [-0.05, 0) is 30.9 Å². The van der Waals surface area contributed by atoms with Crippen LogP contribution in [0.1, 0.15) is 36.1 Å². The fraction of sp³-hybridized carbons (Fsp3) is 0.667. The molecule has 2 rings (SSSR count). The number of hydrogen-bond acceptors (Lipinski definition) is 4. The predicted molar refractivity (Wildman–Crippen MR) is 72.1 cm³/mol. The van der Waals surface area contributed by atoms with E-state index in [0.29, 0.717) is 16.7 Å². The van der Waals surface area contributed by atoms with E-state index in [4.69, 9.17) is 5.11 Å². The highest BCUT2D eigenvalue weighted by molar-refractivity contribution is 7.91. The van der Waals surface area contributed by atoms with E-state index in [-0.39, 0.29) is 6.61 Å².